The van der Waals surface area contributed by atoms with E-state index in [-0.39, 0.29) is 6.61 Å². The van der Waals surface area contributed by atoms with E-state index in [0.717, 1.165) is 12.8 Å². The van der Waals surface area contributed by atoms with Gasteiger partial charge in [-0.1, -0.05) is 0 Å². The second kappa shape index (κ2) is 18.3. The summed E-state index contributed by atoms with van der Waals surface area (Å²) in [6.07, 6.45) is 2.86. The third kappa shape index (κ3) is 12.3. The Labute approximate surface area is 161 Å². The molecule has 0 bridgehead atoms. The third-order valence-corrected chi connectivity index (χ3v) is 5.75. The Kier molecular flexibility index (Phi) is 19.8. The van der Waals surface area contributed by atoms with Gasteiger partial charge in [-0.05, 0) is 60.5 Å². The van der Waals surface area contributed by atoms with E-state index >= 15 is 0 Å². The van der Waals surface area contributed by atoms with Gasteiger partial charge in [-0.15, -0.1) is 0 Å². The van der Waals surface area contributed by atoms with Gasteiger partial charge in [-0.3, -0.25) is 0 Å². The van der Waals surface area contributed by atoms with Gasteiger partial charge in [0.25, 0.3) is 0 Å². The quantitative estimate of drug-likeness (QED) is 0.266. The average molecular weight is 399 g/mol. The van der Waals surface area contributed by atoms with Crippen LogP contribution >= 0.6 is 0 Å². The van der Waals surface area contributed by atoms with Crippen molar-refractivity contribution in [2.45, 2.75) is 66.1 Å². The molecule has 0 aromatic carbocycles. The summed E-state index contributed by atoms with van der Waals surface area (Å²) in [6, 6.07) is 0. The highest BCUT2D eigenvalue weighted by Crippen LogP contribution is 2.31. The summed E-state index contributed by atoms with van der Waals surface area (Å²) >= 11 is 0. The molecule has 0 aromatic heterocycles. The molecule has 5 N–H and O–H groups in total. The van der Waals surface area contributed by atoms with Crippen molar-refractivity contribution < 1.29 is 27.5 Å². The van der Waals surface area contributed by atoms with E-state index in [9.17, 15) is 0 Å². The Morgan fingerprint density at radius 1 is 0.769 bits per heavy atom. The molecule has 0 amide bonds. The van der Waals surface area contributed by atoms with E-state index in [1.807, 2.05) is 27.7 Å². The predicted molar refractivity (Wildman–Crippen MR) is 105 cm³/mol. The SMILES string of the molecule is CCO.CCOC(CCCN)(CCCN)O[Si](OCC)(OCC)OCC. The summed E-state index contributed by atoms with van der Waals surface area (Å²) in [5, 5.41) is 7.57. The summed E-state index contributed by atoms with van der Waals surface area (Å²) in [4.78, 5) is 0. The molecule has 0 rings (SSSR count). The normalized spacial score (nSPS) is 12.0. The molecule has 0 unspecified atom stereocenters. The lowest BCUT2D eigenvalue weighted by atomic mass is 10.0. The molecule has 0 heterocycles. The first kappa shape index (κ1) is 28.1. The van der Waals surface area contributed by atoms with Crippen LogP contribution < -0.4 is 11.5 Å². The maximum Gasteiger partial charge on any atom is 0.681 e. The average Bonchev–Trinajstić information content (AvgIpc) is 2.60. The number of ether oxygens (including phenoxy) is 1. The van der Waals surface area contributed by atoms with Gasteiger partial charge in [0.05, 0.1) is 0 Å². The molecule has 0 aliphatic carbocycles. The zero-order chi connectivity index (χ0) is 20.3. The Bertz CT molecular complexity index is 275. The predicted octanol–water partition coefficient (Wildman–Crippen LogP) is 1.76. The van der Waals surface area contributed by atoms with Gasteiger partial charge in [0.2, 0.25) is 0 Å². The first-order valence-corrected chi connectivity index (χ1v) is 11.4. The largest absolute Gasteiger partial charge is 0.681 e. The van der Waals surface area contributed by atoms with Crippen LogP contribution in [0.2, 0.25) is 0 Å². The molecule has 0 atom stereocenters. The van der Waals surface area contributed by atoms with Gasteiger partial charge >= 0.3 is 9.05 Å². The lowest BCUT2D eigenvalue weighted by Gasteiger charge is -2.39. The highest BCUT2D eigenvalue weighted by atomic mass is 28.4. The molecule has 0 aliphatic heterocycles. The molecule has 8 nitrogen and oxygen atoms in total. The third-order valence-electron chi connectivity index (χ3n) is 3.21. The van der Waals surface area contributed by atoms with Crippen molar-refractivity contribution in [1.82, 2.24) is 0 Å². The summed E-state index contributed by atoms with van der Waals surface area (Å²) in [5.74, 6) is -0.834. The molecule has 0 radical (unpaired) electrons. The zero-order valence-electron chi connectivity index (χ0n) is 17.4. The number of hydrogen-bond donors (Lipinski definition) is 3. The minimum atomic E-state index is -3.27. The summed E-state index contributed by atoms with van der Waals surface area (Å²) in [5.41, 5.74) is 11.4. The van der Waals surface area contributed by atoms with Gasteiger partial charge < -0.3 is 39.0 Å². The summed E-state index contributed by atoms with van der Waals surface area (Å²) in [7, 11) is -3.27. The van der Waals surface area contributed by atoms with Crippen LogP contribution in [0.4, 0.5) is 0 Å². The minimum absolute atomic E-state index is 0.250. The molecule has 9 heteroatoms. The van der Waals surface area contributed by atoms with E-state index in [4.69, 9.17) is 39.0 Å². The van der Waals surface area contributed by atoms with Crippen LogP contribution in [0.1, 0.15) is 60.3 Å². The second-order valence-electron chi connectivity index (χ2n) is 5.35. The Morgan fingerprint density at radius 3 is 1.42 bits per heavy atom. The Balaban J connectivity index is 0. The first-order valence-electron chi connectivity index (χ1n) is 9.75. The molecular weight excluding hydrogens is 356 g/mol. The van der Waals surface area contributed by atoms with Gasteiger partial charge in [0.1, 0.15) is 0 Å². The number of aliphatic hydroxyl groups excluding tert-OH is 1. The number of rotatable bonds is 16. The van der Waals surface area contributed by atoms with Crippen molar-refractivity contribution in [1.29, 1.82) is 0 Å². The number of hydrogen-bond acceptors (Lipinski definition) is 8. The molecule has 0 saturated carbocycles. The van der Waals surface area contributed by atoms with Gasteiger partial charge in [-0.25, -0.2) is 0 Å². The van der Waals surface area contributed by atoms with Gasteiger partial charge in [0, 0.05) is 45.9 Å². The monoisotopic (exact) mass is 398 g/mol. The fraction of sp³-hybridized carbons (Fsp3) is 1.00. The van der Waals surface area contributed by atoms with Crippen LogP contribution in [0.15, 0.2) is 0 Å². The van der Waals surface area contributed by atoms with E-state index in [1.165, 1.54) is 0 Å². The molecule has 26 heavy (non-hydrogen) atoms. The lowest BCUT2D eigenvalue weighted by Crippen LogP contribution is -2.56. The minimum Gasteiger partial charge on any atom is -0.397 e. The topological polar surface area (TPSA) is 118 Å². The van der Waals surface area contributed by atoms with E-state index in [0.29, 0.717) is 52.4 Å². The molecule has 0 fully saturated rings. The van der Waals surface area contributed by atoms with Crippen molar-refractivity contribution in [3.8, 4) is 0 Å². The van der Waals surface area contributed by atoms with Crippen LogP contribution in [0.25, 0.3) is 0 Å². The van der Waals surface area contributed by atoms with Crippen molar-refractivity contribution >= 4 is 9.05 Å². The van der Waals surface area contributed by atoms with Crippen molar-refractivity contribution in [2.24, 2.45) is 11.5 Å². The fourth-order valence-electron chi connectivity index (χ4n) is 2.38. The maximum atomic E-state index is 7.57. The molecule has 0 aromatic rings. The van der Waals surface area contributed by atoms with E-state index < -0.39 is 14.8 Å². The zero-order valence-corrected chi connectivity index (χ0v) is 18.4. The highest BCUT2D eigenvalue weighted by molar-refractivity contribution is 6.53. The molecule has 160 valence electrons. The highest BCUT2D eigenvalue weighted by Gasteiger charge is 2.52. The number of aliphatic hydroxyl groups is 1. The Hall–Kier alpha value is -0.103. The molecule has 0 saturated heterocycles. The molecule has 0 spiro atoms. The van der Waals surface area contributed by atoms with Crippen molar-refractivity contribution in [3.05, 3.63) is 0 Å². The van der Waals surface area contributed by atoms with Crippen LogP contribution in [-0.2, 0) is 22.4 Å². The maximum absolute atomic E-state index is 7.57. The molecular formula is C17H42N2O6Si. The van der Waals surface area contributed by atoms with Crippen LogP contribution in [0.5, 0.6) is 0 Å². The fourth-order valence-corrected chi connectivity index (χ4v) is 4.58. The summed E-state index contributed by atoms with van der Waals surface area (Å²) < 4.78 is 29.7. The van der Waals surface area contributed by atoms with Gasteiger partial charge in [0.15, 0.2) is 5.79 Å². The van der Waals surface area contributed by atoms with Gasteiger partial charge in [-0.2, -0.15) is 0 Å². The summed E-state index contributed by atoms with van der Waals surface area (Å²) in [6.45, 7) is 12.5. The smallest absolute Gasteiger partial charge is 0.397 e. The first-order chi connectivity index (χ1) is 12.5. The Morgan fingerprint density at radius 2 is 1.15 bits per heavy atom. The van der Waals surface area contributed by atoms with Crippen LogP contribution in [0.3, 0.4) is 0 Å². The van der Waals surface area contributed by atoms with Crippen molar-refractivity contribution in [2.75, 3.05) is 46.1 Å². The second-order valence-corrected chi connectivity index (χ2v) is 7.42. The van der Waals surface area contributed by atoms with Crippen LogP contribution in [-0.4, -0.2) is 66.1 Å². The van der Waals surface area contributed by atoms with Crippen LogP contribution in [0, 0.1) is 0 Å². The number of nitrogens with two attached hydrogens (primary N) is 2. The van der Waals surface area contributed by atoms with E-state index in [1.54, 1.807) is 6.92 Å². The van der Waals surface area contributed by atoms with E-state index in [2.05, 4.69) is 0 Å². The van der Waals surface area contributed by atoms with Crippen molar-refractivity contribution in [3.63, 3.8) is 0 Å². The standard InChI is InChI=1S/C15H36N2O5Si.C2H6O/c1-5-18-15(11-9-13-16,12-10-14-17)22-23(19-6-2,20-7-3)21-8-4;1-2-3/h5-14,16-17H2,1-4H3;3H,2H2,1H3. The lowest BCUT2D eigenvalue weighted by molar-refractivity contribution is -0.234. The molecule has 0 aliphatic rings.